The molecule has 0 aromatic heterocycles. The van der Waals surface area contributed by atoms with Gasteiger partial charge in [-0.15, -0.1) is 0 Å². The quantitative estimate of drug-likeness (QED) is 0.926. The van der Waals surface area contributed by atoms with E-state index >= 15 is 0 Å². The molecule has 116 valence electrons. The van der Waals surface area contributed by atoms with E-state index in [1.807, 2.05) is 43.9 Å². The maximum Gasteiger partial charge on any atom is 0.225 e. The van der Waals surface area contributed by atoms with E-state index in [1.165, 1.54) is 0 Å². The molecular weight excluding hydrogens is 268 g/mol. The van der Waals surface area contributed by atoms with Gasteiger partial charge in [0.2, 0.25) is 5.91 Å². The van der Waals surface area contributed by atoms with E-state index < -0.39 is 0 Å². The number of ether oxygens (including phenoxy) is 2. The number of methoxy groups -OCH3 is 2. The predicted molar refractivity (Wildman–Crippen MR) is 81.5 cm³/mol. The third kappa shape index (κ3) is 2.83. The van der Waals surface area contributed by atoms with E-state index in [2.05, 4.69) is 0 Å². The molecule has 5 heteroatoms. The molecular formula is C16H24N2O3. The van der Waals surface area contributed by atoms with E-state index in [4.69, 9.17) is 15.2 Å². The molecule has 2 N–H and O–H groups in total. The third-order valence-electron chi connectivity index (χ3n) is 3.84. The van der Waals surface area contributed by atoms with Gasteiger partial charge in [0, 0.05) is 23.6 Å². The Kier molecular flexibility index (Phi) is 4.14. The lowest BCUT2D eigenvalue weighted by Crippen LogP contribution is -2.45. The van der Waals surface area contributed by atoms with Crippen LogP contribution in [-0.2, 0) is 4.79 Å². The molecule has 1 saturated heterocycles. The number of likely N-dealkylation sites (tertiary alicyclic amines) is 1. The Hall–Kier alpha value is -1.75. The van der Waals surface area contributed by atoms with Gasteiger partial charge in [-0.25, -0.2) is 0 Å². The fourth-order valence-electron chi connectivity index (χ4n) is 2.99. The number of benzene rings is 1. The molecule has 2 rings (SSSR count). The fourth-order valence-corrected chi connectivity index (χ4v) is 2.99. The summed E-state index contributed by atoms with van der Waals surface area (Å²) in [5.41, 5.74) is 6.84. The molecule has 1 aromatic carbocycles. The summed E-state index contributed by atoms with van der Waals surface area (Å²) in [6.07, 6.45) is 0.350. The van der Waals surface area contributed by atoms with Crippen molar-refractivity contribution in [2.24, 2.45) is 5.73 Å². The molecule has 0 spiro atoms. The number of carbonyl (C=O) groups excluding carboxylic acids is 1. The highest BCUT2D eigenvalue weighted by molar-refractivity contribution is 5.81. The highest BCUT2D eigenvalue weighted by Gasteiger charge is 2.45. The van der Waals surface area contributed by atoms with Crippen LogP contribution in [0.25, 0.3) is 0 Å². The number of nitrogens with two attached hydrogens (primary N) is 1. The van der Waals surface area contributed by atoms with Crippen LogP contribution in [-0.4, -0.2) is 36.6 Å². The minimum absolute atomic E-state index is 0.0740. The average molecular weight is 292 g/mol. The molecule has 0 saturated carbocycles. The molecule has 1 amide bonds. The van der Waals surface area contributed by atoms with Crippen LogP contribution >= 0.6 is 0 Å². The van der Waals surface area contributed by atoms with Crippen LogP contribution in [0.4, 0.5) is 0 Å². The molecule has 5 nitrogen and oxygen atoms in total. The molecule has 1 fully saturated rings. The average Bonchev–Trinajstić information content (AvgIpc) is 2.72. The van der Waals surface area contributed by atoms with Crippen molar-refractivity contribution in [3.63, 3.8) is 0 Å². The van der Waals surface area contributed by atoms with Crippen LogP contribution in [0, 0.1) is 0 Å². The van der Waals surface area contributed by atoms with Crippen molar-refractivity contribution in [3.8, 4) is 11.5 Å². The summed E-state index contributed by atoms with van der Waals surface area (Å²) < 4.78 is 10.7. The maximum atomic E-state index is 12.3. The van der Waals surface area contributed by atoms with Crippen LogP contribution in [0.5, 0.6) is 11.5 Å². The van der Waals surface area contributed by atoms with E-state index in [0.717, 1.165) is 17.1 Å². The Morgan fingerprint density at radius 3 is 2.43 bits per heavy atom. The van der Waals surface area contributed by atoms with Gasteiger partial charge in [-0.1, -0.05) is 0 Å². The van der Waals surface area contributed by atoms with Crippen molar-refractivity contribution in [1.82, 2.24) is 4.90 Å². The van der Waals surface area contributed by atoms with Gasteiger partial charge in [0.05, 0.1) is 20.3 Å². The summed E-state index contributed by atoms with van der Waals surface area (Å²) >= 11 is 0. The molecule has 1 aromatic rings. The molecule has 0 bridgehead atoms. The van der Waals surface area contributed by atoms with Gasteiger partial charge in [0.15, 0.2) is 0 Å². The molecule has 2 unspecified atom stereocenters. The lowest BCUT2D eigenvalue weighted by molar-refractivity contribution is -0.133. The van der Waals surface area contributed by atoms with Crippen LogP contribution in [0.15, 0.2) is 18.2 Å². The van der Waals surface area contributed by atoms with E-state index in [-0.39, 0.29) is 23.5 Å². The first-order valence-corrected chi connectivity index (χ1v) is 7.09. The summed E-state index contributed by atoms with van der Waals surface area (Å²) in [5.74, 6) is 1.52. The molecule has 21 heavy (non-hydrogen) atoms. The van der Waals surface area contributed by atoms with Gasteiger partial charge in [-0.05, 0) is 39.0 Å². The normalized spacial score (nSPS) is 22.6. The standard InChI is InChI=1S/C16H24N2O3/c1-16(2,3)18-14(19)9-12(17)15(18)11-8-10(20-4)6-7-13(11)21-5/h6-8,12,15H,9,17H2,1-5H3. The van der Waals surface area contributed by atoms with Gasteiger partial charge < -0.3 is 20.1 Å². The van der Waals surface area contributed by atoms with Crippen molar-refractivity contribution < 1.29 is 14.3 Å². The summed E-state index contributed by atoms with van der Waals surface area (Å²) in [4.78, 5) is 14.2. The monoisotopic (exact) mass is 292 g/mol. The third-order valence-corrected chi connectivity index (χ3v) is 3.84. The first-order chi connectivity index (χ1) is 9.79. The van der Waals surface area contributed by atoms with Gasteiger partial charge in [0.25, 0.3) is 0 Å². The van der Waals surface area contributed by atoms with Gasteiger partial charge in [-0.3, -0.25) is 4.79 Å². The van der Waals surface area contributed by atoms with Crippen LogP contribution in [0.2, 0.25) is 0 Å². The predicted octanol–water partition coefficient (Wildman–Crippen LogP) is 2.10. The second kappa shape index (κ2) is 5.56. The summed E-state index contributed by atoms with van der Waals surface area (Å²) in [6, 6.07) is 5.14. The van der Waals surface area contributed by atoms with Gasteiger partial charge >= 0.3 is 0 Å². The van der Waals surface area contributed by atoms with Crippen LogP contribution in [0.3, 0.4) is 0 Å². The topological polar surface area (TPSA) is 64.8 Å². The van der Waals surface area contributed by atoms with Gasteiger partial charge in [0.1, 0.15) is 11.5 Å². The zero-order valence-electron chi connectivity index (χ0n) is 13.3. The number of hydrogen-bond acceptors (Lipinski definition) is 4. The minimum Gasteiger partial charge on any atom is -0.497 e. The zero-order valence-corrected chi connectivity index (χ0v) is 13.3. The maximum absolute atomic E-state index is 12.3. The number of carbonyl (C=O) groups is 1. The molecule has 0 aliphatic carbocycles. The molecule has 1 heterocycles. The summed E-state index contributed by atoms with van der Waals surface area (Å²) in [7, 11) is 3.24. The molecule has 2 atom stereocenters. The first-order valence-electron chi connectivity index (χ1n) is 7.09. The van der Waals surface area contributed by atoms with Gasteiger partial charge in [-0.2, -0.15) is 0 Å². The van der Waals surface area contributed by atoms with Crippen molar-refractivity contribution in [2.75, 3.05) is 14.2 Å². The summed E-state index contributed by atoms with van der Waals surface area (Å²) in [5, 5.41) is 0. The lowest BCUT2D eigenvalue weighted by atomic mass is 9.96. The van der Waals surface area contributed by atoms with E-state index in [9.17, 15) is 4.79 Å². The number of nitrogens with zero attached hydrogens (tertiary/aromatic N) is 1. The Bertz CT molecular complexity index is 537. The van der Waals surface area contributed by atoms with Crippen molar-refractivity contribution in [2.45, 2.75) is 44.8 Å². The SMILES string of the molecule is COc1ccc(OC)c(C2C(N)CC(=O)N2C(C)(C)C)c1. The number of amides is 1. The second-order valence-corrected chi connectivity index (χ2v) is 6.36. The first kappa shape index (κ1) is 15.6. The Labute approximate surface area is 126 Å². The van der Waals surface area contributed by atoms with Crippen LogP contribution < -0.4 is 15.2 Å². The Morgan fingerprint density at radius 2 is 1.90 bits per heavy atom. The largest absolute Gasteiger partial charge is 0.497 e. The summed E-state index contributed by atoms with van der Waals surface area (Å²) in [6.45, 7) is 6.05. The molecule has 1 aliphatic heterocycles. The highest BCUT2D eigenvalue weighted by atomic mass is 16.5. The highest BCUT2D eigenvalue weighted by Crippen LogP contribution is 2.42. The lowest BCUT2D eigenvalue weighted by Gasteiger charge is -2.38. The van der Waals surface area contributed by atoms with Crippen molar-refractivity contribution in [1.29, 1.82) is 0 Å². The van der Waals surface area contributed by atoms with E-state index in [1.54, 1.807) is 14.2 Å². The minimum atomic E-state index is -0.302. The Balaban J connectivity index is 2.54. The fraction of sp³-hybridized carbons (Fsp3) is 0.562. The number of hydrogen-bond donors (Lipinski definition) is 1. The van der Waals surface area contributed by atoms with Crippen molar-refractivity contribution >= 4 is 5.91 Å². The molecule has 1 aliphatic rings. The second-order valence-electron chi connectivity index (χ2n) is 6.36. The molecule has 0 radical (unpaired) electrons. The smallest absolute Gasteiger partial charge is 0.225 e. The van der Waals surface area contributed by atoms with Crippen molar-refractivity contribution in [3.05, 3.63) is 23.8 Å². The zero-order chi connectivity index (χ0) is 15.8. The Morgan fingerprint density at radius 1 is 1.24 bits per heavy atom. The number of rotatable bonds is 3. The van der Waals surface area contributed by atoms with Crippen LogP contribution in [0.1, 0.15) is 38.8 Å². The van der Waals surface area contributed by atoms with E-state index in [0.29, 0.717) is 6.42 Å².